The Hall–Kier alpha value is -3.22. The highest BCUT2D eigenvalue weighted by Gasteiger charge is 2.19. The van der Waals surface area contributed by atoms with E-state index in [1.165, 1.54) is 18.4 Å². The van der Waals surface area contributed by atoms with Crippen molar-refractivity contribution in [3.63, 3.8) is 0 Å². The summed E-state index contributed by atoms with van der Waals surface area (Å²) in [7, 11) is 2.02. The molecule has 0 bridgehead atoms. The summed E-state index contributed by atoms with van der Waals surface area (Å²) in [5.74, 6) is 0.977. The van der Waals surface area contributed by atoms with Crippen LogP contribution in [-0.4, -0.2) is 46.5 Å². The third kappa shape index (κ3) is 17.2. The molecule has 1 aromatic heterocycles. The molecule has 0 atom stereocenters. The van der Waals surface area contributed by atoms with Crippen LogP contribution in [0, 0.1) is 0 Å². The normalized spacial score (nSPS) is 10.3. The number of rotatable bonds is 15. The first kappa shape index (κ1) is 40.8. The number of fused-ring (bicyclic) bond motifs is 1. The summed E-state index contributed by atoms with van der Waals surface area (Å²) in [4.78, 5) is 19.8. The second-order valence-electron chi connectivity index (χ2n) is 10.5. The first-order valence-electron chi connectivity index (χ1n) is 16.8. The van der Waals surface area contributed by atoms with Gasteiger partial charge in [0.25, 0.3) is 5.91 Å². The first-order valence-corrected chi connectivity index (χ1v) is 16.8. The SMILES string of the molecule is C/C=C\CC.C=CCCNCC.CCCC.CCCCN(Cc1nc2ccccc2n1C)C(=O)c1ccc(CNCC)cc1. The number of hydrogen-bond acceptors (Lipinski definition) is 4. The topological polar surface area (TPSA) is 62.2 Å². The van der Waals surface area contributed by atoms with Crippen LogP contribution in [0.1, 0.15) is 109 Å². The summed E-state index contributed by atoms with van der Waals surface area (Å²) in [6, 6.07) is 16.0. The van der Waals surface area contributed by atoms with Crippen LogP contribution < -0.4 is 10.6 Å². The Balaban J connectivity index is 0.000000952. The number of benzene rings is 2. The number of carbonyl (C=O) groups is 1. The van der Waals surface area contributed by atoms with Gasteiger partial charge in [0.1, 0.15) is 5.82 Å². The van der Waals surface area contributed by atoms with Crippen molar-refractivity contribution in [2.24, 2.45) is 7.05 Å². The minimum Gasteiger partial charge on any atom is -0.331 e. The van der Waals surface area contributed by atoms with Crippen molar-refractivity contribution in [3.8, 4) is 0 Å². The molecule has 1 amide bonds. The number of imidazole rings is 1. The van der Waals surface area contributed by atoms with E-state index in [0.29, 0.717) is 6.54 Å². The van der Waals surface area contributed by atoms with E-state index in [4.69, 9.17) is 4.98 Å². The van der Waals surface area contributed by atoms with E-state index in [9.17, 15) is 4.79 Å². The summed E-state index contributed by atoms with van der Waals surface area (Å²) >= 11 is 0. The van der Waals surface area contributed by atoms with Crippen LogP contribution in [0.25, 0.3) is 11.0 Å². The number of aryl methyl sites for hydroxylation is 1. The summed E-state index contributed by atoms with van der Waals surface area (Å²) in [6.45, 7) is 23.6. The van der Waals surface area contributed by atoms with Crippen molar-refractivity contribution < 1.29 is 4.79 Å². The minimum absolute atomic E-state index is 0.0653. The number of allylic oxidation sites excluding steroid dienone is 2. The molecule has 6 heteroatoms. The van der Waals surface area contributed by atoms with Gasteiger partial charge in [-0.05, 0) is 75.6 Å². The summed E-state index contributed by atoms with van der Waals surface area (Å²) in [6.07, 6.45) is 13.0. The van der Waals surface area contributed by atoms with E-state index >= 15 is 0 Å². The molecule has 246 valence electrons. The highest BCUT2D eigenvalue weighted by atomic mass is 16.2. The molecule has 2 aromatic carbocycles. The molecule has 0 fully saturated rings. The van der Waals surface area contributed by atoms with Crippen molar-refractivity contribution in [2.75, 3.05) is 26.2 Å². The highest BCUT2D eigenvalue weighted by Crippen LogP contribution is 2.17. The van der Waals surface area contributed by atoms with E-state index in [0.717, 1.165) is 80.8 Å². The van der Waals surface area contributed by atoms with Crippen LogP contribution in [0.15, 0.2) is 73.3 Å². The number of nitrogens with zero attached hydrogens (tertiary/aromatic N) is 3. The Kier molecular flexibility index (Phi) is 25.3. The second kappa shape index (κ2) is 27.3. The molecule has 6 nitrogen and oxygen atoms in total. The predicted octanol–water partition coefficient (Wildman–Crippen LogP) is 9.08. The Morgan fingerprint density at radius 2 is 1.59 bits per heavy atom. The van der Waals surface area contributed by atoms with Gasteiger partial charge in [0, 0.05) is 25.7 Å². The molecule has 0 aliphatic carbocycles. The molecule has 44 heavy (non-hydrogen) atoms. The second-order valence-corrected chi connectivity index (χ2v) is 10.5. The lowest BCUT2D eigenvalue weighted by molar-refractivity contribution is 0.0735. The lowest BCUT2D eigenvalue weighted by Gasteiger charge is -2.22. The van der Waals surface area contributed by atoms with Crippen LogP contribution in [0.2, 0.25) is 0 Å². The smallest absolute Gasteiger partial charge is 0.254 e. The van der Waals surface area contributed by atoms with Crippen LogP contribution in [-0.2, 0) is 20.1 Å². The number of para-hydroxylation sites is 2. The quantitative estimate of drug-likeness (QED) is 0.134. The zero-order chi connectivity index (χ0) is 33.0. The lowest BCUT2D eigenvalue weighted by atomic mass is 10.1. The zero-order valence-electron chi connectivity index (χ0n) is 29.3. The number of amides is 1. The van der Waals surface area contributed by atoms with Gasteiger partial charge in [-0.3, -0.25) is 4.79 Å². The minimum atomic E-state index is 0.0653. The molecule has 3 aromatic rings. The van der Waals surface area contributed by atoms with Crippen molar-refractivity contribution >= 4 is 16.9 Å². The van der Waals surface area contributed by atoms with Crippen molar-refractivity contribution in [1.29, 1.82) is 0 Å². The number of unbranched alkanes of at least 4 members (excludes halogenated alkanes) is 2. The Morgan fingerprint density at radius 1 is 0.932 bits per heavy atom. The van der Waals surface area contributed by atoms with Crippen LogP contribution in [0.5, 0.6) is 0 Å². The third-order valence-corrected chi connectivity index (χ3v) is 6.81. The molecule has 0 spiro atoms. The molecule has 2 N–H and O–H groups in total. The fourth-order valence-corrected chi connectivity index (χ4v) is 3.94. The van der Waals surface area contributed by atoms with Crippen molar-refractivity contribution in [3.05, 3.63) is 90.3 Å². The standard InChI is InChI=1S/C23H30N4O.C6H13N.C5H10.C4H10/c1-4-6-15-27(17-22-25-20-9-7-8-10-21(20)26(22)3)23(28)19-13-11-18(12-14-19)16-24-5-2;1-3-5-6-7-4-2;1-3-5-4-2;1-3-4-2/h7-14,24H,4-6,15-17H2,1-3H3;3,7H,1,4-6H2,2H3;3,5H,4H2,1-2H3;3-4H2,1-2H3/b;;5-3-;. The average molecular weight is 606 g/mol. The number of nitrogens with one attached hydrogen (secondary N) is 2. The molecular weight excluding hydrogens is 542 g/mol. The fraction of sp³-hybridized carbons (Fsp3) is 0.526. The largest absolute Gasteiger partial charge is 0.331 e. The highest BCUT2D eigenvalue weighted by molar-refractivity contribution is 5.94. The van der Waals surface area contributed by atoms with Crippen molar-refractivity contribution in [1.82, 2.24) is 25.1 Å². The Labute approximate surface area is 270 Å². The molecule has 0 saturated heterocycles. The molecule has 0 aliphatic heterocycles. The average Bonchev–Trinajstić information content (AvgIpc) is 3.38. The van der Waals surface area contributed by atoms with Gasteiger partial charge in [0.2, 0.25) is 0 Å². The van der Waals surface area contributed by atoms with Crippen LogP contribution >= 0.6 is 0 Å². The zero-order valence-corrected chi connectivity index (χ0v) is 29.3. The van der Waals surface area contributed by atoms with Crippen molar-refractivity contribution in [2.45, 2.75) is 100 Å². The van der Waals surface area contributed by atoms with E-state index in [1.807, 2.05) is 67.4 Å². The molecule has 3 rings (SSSR count). The van der Waals surface area contributed by atoms with Gasteiger partial charge < -0.3 is 20.1 Å². The number of carbonyl (C=O) groups excluding carboxylic acids is 1. The van der Waals surface area contributed by atoms with E-state index in [-0.39, 0.29) is 5.91 Å². The maximum absolute atomic E-state index is 13.2. The predicted molar refractivity (Wildman–Crippen MR) is 193 cm³/mol. The van der Waals surface area contributed by atoms with Gasteiger partial charge in [0.05, 0.1) is 17.6 Å². The molecule has 1 heterocycles. The molecular formula is C38H63N5O. The van der Waals surface area contributed by atoms with E-state index in [1.54, 1.807) is 0 Å². The summed E-state index contributed by atoms with van der Waals surface area (Å²) in [5.41, 5.74) is 3.98. The van der Waals surface area contributed by atoms with Gasteiger partial charge in [-0.15, -0.1) is 6.58 Å². The van der Waals surface area contributed by atoms with E-state index in [2.05, 4.69) is 81.5 Å². The van der Waals surface area contributed by atoms with Gasteiger partial charge in [-0.25, -0.2) is 4.98 Å². The van der Waals surface area contributed by atoms with Crippen LogP contribution in [0.3, 0.4) is 0 Å². The Bertz CT molecular complexity index is 1150. The fourth-order valence-electron chi connectivity index (χ4n) is 3.94. The lowest BCUT2D eigenvalue weighted by Crippen LogP contribution is -2.32. The van der Waals surface area contributed by atoms with Crippen LogP contribution in [0.4, 0.5) is 0 Å². The molecule has 0 saturated carbocycles. The number of aromatic nitrogens is 2. The number of hydrogen-bond donors (Lipinski definition) is 2. The molecule has 0 unspecified atom stereocenters. The summed E-state index contributed by atoms with van der Waals surface area (Å²) in [5, 5.41) is 6.49. The molecule has 0 radical (unpaired) electrons. The van der Waals surface area contributed by atoms with E-state index < -0.39 is 0 Å². The maximum atomic E-state index is 13.2. The monoisotopic (exact) mass is 606 g/mol. The first-order chi connectivity index (χ1) is 21.4. The Morgan fingerprint density at radius 3 is 2.09 bits per heavy atom. The van der Waals surface area contributed by atoms with Gasteiger partial charge in [-0.2, -0.15) is 0 Å². The van der Waals surface area contributed by atoms with Gasteiger partial charge in [0.15, 0.2) is 0 Å². The maximum Gasteiger partial charge on any atom is 0.254 e. The molecule has 0 aliphatic rings. The van der Waals surface area contributed by atoms with Gasteiger partial charge in [-0.1, -0.05) is 103 Å². The van der Waals surface area contributed by atoms with Gasteiger partial charge >= 0.3 is 0 Å². The summed E-state index contributed by atoms with van der Waals surface area (Å²) < 4.78 is 2.08. The third-order valence-electron chi connectivity index (χ3n) is 6.81.